The Balaban J connectivity index is 1.93. The normalized spacial score (nSPS) is 12.8. The molecule has 0 spiro atoms. The molecule has 0 saturated heterocycles. The van der Waals surface area contributed by atoms with Gasteiger partial charge in [-0.25, -0.2) is 0 Å². The van der Waals surface area contributed by atoms with Crippen LogP contribution in [0.15, 0.2) is 89.9 Å². The second-order valence-corrected chi connectivity index (χ2v) is 9.37. The quantitative estimate of drug-likeness (QED) is 0.343. The van der Waals surface area contributed by atoms with Crippen molar-refractivity contribution in [3.8, 4) is 0 Å². The van der Waals surface area contributed by atoms with E-state index < -0.39 is 7.92 Å². The van der Waals surface area contributed by atoms with Crippen molar-refractivity contribution in [1.82, 2.24) is 5.32 Å². The maximum atomic E-state index is 5.07. The highest BCUT2D eigenvalue weighted by atomic mass is 31.1. The second kappa shape index (κ2) is 10.2. The Morgan fingerprint density at radius 3 is 2.00 bits per heavy atom. The Hall–Kier alpha value is -2.44. The molecule has 0 aliphatic heterocycles. The number of benzene rings is 3. The first kappa shape index (κ1) is 20.3. The van der Waals surface area contributed by atoms with Gasteiger partial charge in [-0.3, -0.25) is 4.99 Å². The summed E-state index contributed by atoms with van der Waals surface area (Å²) in [5, 5.41) is 6.32. The molecule has 1 unspecified atom stereocenters. The summed E-state index contributed by atoms with van der Waals surface area (Å²) in [6.07, 6.45) is 0.954. The summed E-state index contributed by atoms with van der Waals surface area (Å²) in [5.41, 5.74) is 3.72. The Kier molecular flexibility index (Phi) is 7.39. The Morgan fingerprint density at radius 2 is 1.39 bits per heavy atom. The van der Waals surface area contributed by atoms with Gasteiger partial charge in [0.25, 0.3) is 0 Å². The van der Waals surface area contributed by atoms with Gasteiger partial charge in [0.1, 0.15) is 5.58 Å². The predicted molar refractivity (Wildman–Crippen MR) is 125 cm³/mol. The van der Waals surface area contributed by atoms with E-state index in [0.29, 0.717) is 6.04 Å². The van der Waals surface area contributed by atoms with Crippen LogP contribution in [0.5, 0.6) is 0 Å². The molecule has 0 heterocycles. The maximum absolute atomic E-state index is 5.07. The molecule has 0 radical (unpaired) electrons. The van der Waals surface area contributed by atoms with Gasteiger partial charge in [-0.2, -0.15) is 0 Å². The van der Waals surface area contributed by atoms with Gasteiger partial charge in [0.05, 0.1) is 0 Å². The summed E-state index contributed by atoms with van der Waals surface area (Å²) in [4.78, 5) is 5.07. The van der Waals surface area contributed by atoms with Gasteiger partial charge in [0.15, 0.2) is 0 Å². The number of aryl methyl sites for hydroxylation is 1. The summed E-state index contributed by atoms with van der Waals surface area (Å²) in [7, 11) is -0.701. The van der Waals surface area contributed by atoms with Crippen molar-refractivity contribution in [1.29, 1.82) is 0 Å². The number of rotatable bonds is 7. The lowest BCUT2D eigenvalue weighted by Gasteiger charge is -2.24. The summed E-state index contributed by atoms with van der Waals surface area (Å²) in [5.74, 6) is 0. The van der Waals surface area contributed by atoms with Gasteiger partial charge in [-0.1, -0.05) is 90.5 Å². The van der Waals surface area contributed by atoms with E-state index in [1.54, 1.807) is 0 Å². The van der Waals surface area contributed by atoms with Crippen LogP contribution >= 0.6 is 7.92 Å². The fraction of sp³-hybridized carbons (Fsp3) is 0.240. The lowest BCUT2D eigenvalue weighted by molar-refractivity contribution is 0.736. The smallest absolute Gasteiger partial charge is 0.129 e. The summed E-state index contributed by atoms with van der Waals surface area (Å²) in [6.45, 7) is 7.28. The average molecular weight is 388 g/mol. The van der Waals surface area contributed by atoms with Crippen molar-refractivity contribution in [2.75, 3.05) is 6.54 Å². The molecule has 144 valence electrons. The molecule has 0 amide bonds. The zero-order chi connectivity index (χ0) is 19.8. The number of aliphatic imine (C=N–C) groups is 1. The van der Waals surface area contributed by atoms with Crippen molar-refractivity contribution >= 4 is 24.1 Å². The predicted octanol–water partition coefficient (Wildman–Crippen LogP) is 5.02. The van der Waals surface area contributed by atoms with Crippen LogP contribution in [0.1, 0.15) is 25.0 Å². The zero-order valence-electron chi connectivity index (χ0n) is 17.0. The Bertz CT molecular complexity index is 871. The van der Waals surface area contributed by atoms with E-state index in [4.69, 9.17) is 4.99 Å². The SMILES string of the molecule is Cc1ccc(P(C(=NCCc2ccccc2)NC(C)C)c2ccccc2)cc1. The van der Waals surface area contributed by atoms with E-state index in [1.807, 2.05) is 0 Å². The molecule has 0 bridgehead atoms. The Morgan fingerprint density at radius 1 is 0.821 bits per heavy atom. The molecule has 28 heavy (non-hydrogen) atoms. The molecule has 0 fully saturated rings. The number of amidine groups is 1. The minimum absolute atomic E-state index is 0.342. The highest BCUT2D eigenvalue weighted by molar-refractivity contribution is 7.88. The van der Waals surface area contributed by atoms with Crippen molar-refractivity contribution in [2.45, 2.75) is 33.2 Å². The number of hydrogen-bond acceptors (Lipinski definition) is 1. The van der Waals surface area contributed by atoms with Crippen LogP contribution in [0, 0.1) is 6.92 Å². The fourth-order valence-electron chi connectivity index (χ4n) is 3.04. The highest BCUT2D eigenvalue weighted by Crippen LogP contribution is 2.35. The third kappa shape index (κ3) is 5.78. The molecular formula is C25H29N2P. The molecule has 0 saturated carbocycles. The summed E-state index contributed by atoms with van der Waals surface area (Å²) < 4.78 is 0. The standard InChI is InChI=1S/C25H29N2P/c1-20(2)27-25(26-19-18-22-10-6-4-7-11-22)28(23-12-8-5-9-13-23)24-16-14-21(3)15-17-24/h4-17,20H,18-19H2,1-3H3,(H,26,27). The van der Waals surface area contributed by atoms with Crippen LogP contribution in [0.2, 0.25) is 0 Å². The molecule has 3 aromatic carbocycles. The molecule has 3 heteroatoms. The third-order valence-electron chi connectivity index (χ3n) is 4.44. The van der Waals surface area contributed by atoms with Crippen LogP contribution < -0.4 is 15.9 Å². The third-order valence-corrected chi connectivity index (χ3v) is 6.76. The largest absolute Gasteiger partial charge is 0.367 e. The van der Waals surface area contributed by atoms with Crippen LogP contribution in [0.3, 0.4) is 0 Å². The minimum Gasteiger partial charge on any atom is -0.367 e. The maximum Gasteiger partial charge on any atom is 0.129 e. The van der Waals surface area contributed by atoms with Crippen molar-refractivity contribution in [3.63, 3.8) is 0 Å². The van der Waals surface area contributed by atoms with E-state index in [0.717, 1.165) is 18.5 Å². The van der Waals surface area contributed by atoms with E-state index in [9.17, 15) is 0 Å². The lowest BCUT2D eigenvalue weighted by atomic mass is 10.2. The Labute approximate surface area is 170 Å². The molecular weight excluding hydrogens is 359 g/mol. The van der Waals surface area contributed by atoms with Crippen LogP contribution in [-0.2, 0) is 6.42 Å². The zero-order valence-corrected chi connectivity index (χ0v) is 17.9. The molecule has 2 nitrogen and oxygen atoms in total. The van der Waals surface area contributed by atoms with E-state index >= 15 is 0 Å². The molecule has 0 aromatic heterocycles. The van der Waals surface area contributed by atoms with Gasteiger partial charge < -0.3 is 5.32 Å². The molecule has 3 rings (SSSR count). The summed E-state index contributed by atoms with van der Waals surface area (Å²) >= 11 is 0. The van der Waals surface area contributed by atoms with E-state index in [2.05, 4.69) is 111 Å². The first-order valence-electron chi connectivity index (χ1n) is 9.90. The highest BCUT2D eigenvalue weighted by Gasteiger charge is 2.21. The summed E-state index contributed by atoms with van der Waals surface area (Å²) in [6, 6.07) is 30.6. The minimum atomic E-state index is -0.701. The number of hydrogen-bond donors (Lipinski definition) is 1. The topological polar surface area (TPSA) is 24.4 Å². The van der Waals surface area contributed by atoms with Gasteiger partial charge >= 0.3 is 0 Å². The van der Waals surface area contributed by atoms with Crippen molar-refractivity contribution < 1.29 is 0 Å². The average Bonchev–Trinajstić information content (AvgIpc) is 2.71. The monoisotopic (exact) mass is 388 g/mol. The second-order valence-electron chi connectivity index (χ2n) is 7.25. The lowest BCUT2D eigenvalue weighted by Crippen LogP contribution is -2.34. The van der Waals surface area contributed by atoms with Crippen LogP contribution in [0.4, 0.5) is 0 Å². The van der Waals surface area contributed by atoms with Crippen molar-refractivity contribution in [3.05, 3.63) is 96.1 Å². The molecule has 1 atom stereocenters. The van der Waals surface area contributed by atoms with Crippen LogP contribution in [-0.4, -0.2) is 18.2 Å². The van der Waals surface area contributed by atoms with Crippen molar-refractivity contribution in [2.24, 2.45) is 4.99 Å². The van der Waals surface area contributed by atoms with Gasteiger partial charge in [-0.15, -0.1) is 0 Å². The van der Waals surface area contributed by atoms with Gasteiger partial charge in [-0.05, 0) is 43.4 Å². The molecule has 0 aliphatic carbocycles. The molecule has 0 aliphatic rings. The van der Waals surface area contributed by atoms with Gasteiger partial charge in [0, 0.05) is 20.5 Å². The molecule has 1 N–H and O–H groups in total. The first-order valence-corrected chi connectivity index (χ1v) is 11.2. The van der Waals surface area contributed by atoms with E-state index in [-0.39, 0.29) is 0 Å². The number of nitrogens with zero attached hydrogens (tertiary/aromatic N) is 1. The molecule has 3 aromatic rings. The number of nitrogens with one attached hydrogen (secondary N) is 1. The first-order chi connectivity index (χ1) is 13.6. The van der Waals surface area contributed by atoms with E-state index in [1.165, 1.54) is 21.7 Å². The van der Waals surface area contributed by atoms with Gasteiger partial charge in [0.2, 0.25) is 0 Å². The van der Waals surface area contributed by atoms with Crippen LogP contribution in [0.25, 0.3) is 0 Å². The fourth-order valence-corrected chi connectivity index (χ4v) is 5.37.